The third kappa shape index (κ3) is 6.03. The van der Waals surface area contributed by atoms with E-state index in [-0.39, 0.29) is 17.8 Å². The Balaban J connectivity index is 2.25. The van der Waals surface area contributed by atoms with Gasteiger partial charge in [0, 0.05) is 36.1 Å². The Morgan fingerprint density at radius 1 is 1.47 bits per heavy atom. The first kappa shape index (κ1) is 15.9. The van der Waals surface area contributed by atoms with E-state index < -0.39 is 0 Å². The molecule has 0 heterocycles. The zero-order valence-electron chi connectivity index (χ0n) is 11.3. The summed E-state index contributed by atoms with van der Waals surface area (Å²) in [5, 5.41) is 6.30. The van der Waals surface area contributed by atoms with Crippen molar-refractivity contribution in [2.45, 2.75) is 39.3 Å². The maximum Gasteiger partial charge on any atom is 0.221 e. The number of carbonyl (C=O) groups excluding carboxylic acids is 1. The molecule has 3 nitrogen and oxygen atoms in total. The van der Waals surface area contributed by atoms with E-state index in [1.807, 2.05) is 13.8 Å². The Kier molecular flexibility index (Phi) is 6.81. The van der Waals surface area contributed by atoms with Crippen molar-refractivity contribution in [3.8, 4) is 0 Å². The van der Waals surface area contributed by atoms with Crippen molar-refractivity contribution in [3.05, 3.63) is 34.6 Å². The van der Waals surface area contributed by atoms with Gasteiger partial charge in [0.1, 0.15) is 5.82 Å². The molecule has 1 aromatic carbocycles. The molecule has 1 aromatic rings. The Hall–Kier alpha value is -1.13. The quantitative estimate of drug-likeness (QED) is 0.757. The summed E-state index contributed by atoms with van der Waals surface area (Å²) in [6, 6.07) is 4.77. The van der Waals surface area contributed by atoms with Gasteiger partial charge < -0.3 is 10.6 Å². The Morgan fingerprint density at radius 3 is 2.84 bits per heavy atom. The number of amides is 1. The topological polar surface area (TPSA) is 41.1 Å². The molecule has 106 valence electrons. The first-order chi connectivity index (χ1) is 9.02. The fourth-order valence-electron chi connectivity index (χ4n) is 1.54. The summed E-state index contributed by atoms with van der Waals surface area (Å²) in [7, 11) is 0. The predicted molar refractivity (Wildman–Crippen MR) is 75.6 cm³/mol. The molecule has 0 radical (unpaired) electrons. The lowest BCUT2D eigenvalue weighted by Crippen LogP contribution is -2.33. The first-order valence-corrected chi connectivity index (χ1v) is 6.84. The highest BCUT2D eigenvalue weighted by atomic mass is 35.5. The van der Waals surface area contributed by atoms with Crippen LogP contribution in [0.2, 0.25) is 5.02 Å². The van der Waals surface area contributed by atoms with Crippen LogP contribution >= 0.6 is 11.6 Å². The van der Waals surface area contributed by atoms with Gasteiger partial charge in [-0.3, -0.25) is 4.79 Å². The minimum absolute atomic E-state index is 0.0124. The first-order valence-electron chi connectivity index (χ1n) is 6.47. The predicted octanol–water partition coefficient (Wildman–Crippen LogP) is 2.87. The van der Waals surface area contributed by atoms with Crippen LogP contribution in [0, 0.1) is 5.82 Å². The molecule has 5 heteroatoms. The monoisotopic (exact) mass is 286 g/mol. The number of halogens is 2. The second-order valence-electron chi connectivity index (χ2n) is 4.54. The summed E-state index contributed by atoms with van der Waals surface area (Å²) in [6.45, 7) is 4.89. The number of hydrogen-bond acceptors (Lipinski definition) is 2. The van der Waals surface area contributed by atoms with E-state index in [1.165, 1.54) is 6.07 Å². The van der Waals surface area contributed by atoms with E-state index in [0.717, 1.165) is 6.42 Å². The molecule has 0 saturated carbocycles. The molecule has 1 rings (SSSR count). The van der Waals surface area contributed by atoms with Crippen molar-refractivity contribution in [1.82, 2.24) is 10.6 Å². The Labute approximate surface area is 118 Å². The Bertz CT molecular complexity index is 426. The molecule has 1 amide bonds. The van der Waals surface area contributed by atoms with Crippen molar-refractivity contribution in [2.24, 2.45) is 0 Å². The number of nitrogens with one attached hydrogen (secondary N) is 2. The van der Waals surface area contributed by atoms with Crippen LogP contribution in [-0.2, 0) is 11.3 Å². The van der Waals surface area contributed by atoms with Crippen LogP contribution in [-0.4, -0.2) is 18.5 Å². The standard InChI is InChI=1S/C14H20ClFN2O/c1-3-10(2)18-14(19)6-7-17-9-11-4-5-12(15)8-13(11)16/h4-5,8,10,17H,3,6-7,9H2,1-2H3,(H,18,19). The zero-order valence-corrected chi connectivity index (χ0v) is 12.1. The van der Waals surface area contributed by atoms with Gasteiger partial charge in [-0.2, -0.15) is 0 Å². The summed E-state index contributed by atoms with van der Waals surface area (Å²) in [4.78, 5) is 11.5. The van der Waals surface area contributed by atoms with Crippen LogP contribution in [0.3, 0.4) is 0 Å². The molecule has 0 spiro atoms. The smallest absolute Gasteiger partial charge is 0.221 e. The van der Waals surface area contributed by atoms with Crippen LogP contribution in [0.15, 0.2) is 18.2 Å². The van der Waals surface area contributed by atoms with Gasteiger partial charge >= 0.3 is 0 Å². The van der Waals surface area contributed by atoms with Crippen LogP contribution in [0.25, 0.3) is 0 Å². The van der Waals surface area contributed by atoms with Crippen LogP contribution in [0.1, 0.15) is 32.3 Å². The summed E-state index contributed by atoms with van der Waals surface area (Å²) < 4.78 is 13.5. The van der Waals surface area contributed by atoms with Crippen LogP contribution in [0.4, 0.5) is 4.39 Å². The molecule has 2 N–H and O–H groups in total. The van der Waals surface area contributed by atoms with Crippen molar-refractivity contribution in [3.63, 3.8) is 0 Å². The molecule has 0 saturated heterocycles. The molecule has 1 atom stereocenters. The maximum absolute atomic E-state index is 13.5. The summed E-state index contributed by atoms with van der Waals surface area (Å²) >= 11 is 5.67. The average molecular weight is 287 g/mol. The van der Waals surface area contributed by atoms with E-state index in [2.05, 4.69) is 10.6 Å². The van der Waals surface area contributed by atoms with Crippen LogP contribution in [0.5, 0.6) is 0 Å². The van der Waals surface area contributed by atoms with Crippen molar-refractivity contribution in [1.29, 1.82) is 0 Å². The Morgan fingerprint density at radius 2 is 2.21 bits per heavy atom. The fraction of sp³-hybridized carbons (Fsp3) is 0.500. The average Bonchev–Trinajstić information content (AvgIpc) is 2.36. The van der Waals surface area contributed by atoms with Crippen molar-refractivity contribution < 1.29 is 9.18 Å². The molecule has 0 aliphatic heterocycles. The third-order valence-corrected chi connectivity index (χ3v) is 3.11. The van der Waals surface area contributed by atoms with Crippen LogP contribution < -0.4 is 10.6 Å². The zero-order chi connectivity index (χ0) is 14.3. The highest BCUT2D eigenvalue weighted by Crippen LogP contribution is 2.14. The van der Waals surface area contributed by atoms with E-state index >= 15 is 0 Å². The highest BCUT2D eigenvalue weighted by molar-refractivity contribution is 6.30. The van der Waals surface area contributed by atoms with Gasteiger partial charge in [0.05, 0.1) is 0 Å². The second-order valence-corrected chi connectivity index (χ2v) is 4.98. The van der Waals surface area contributed by atoms with Gasteiger partial charge in [-0.25, -0.2) is 4.39 Å². The molecule has 1 unspecified atom stereocenters. The number of carbonyl (C=O) groups is 1. The molecule has 19 heavy (non-hydrogen) atoms. The lowest BCUT2D eigenvalue weighted by molar-refractivity contribution is -0.121. The van der Waals surface area contributed by atoms with E-state index in [9.17, 15) is 9.18 Å². The van der Waals surface area contributed by atoms with Gasteiger partial charge in [-0.05, 0) is 25.5 Å². The number of rotatable bonds is 7. The normalized spacial score (nSPS) is 12.2. The molecule has 0 aliphatic rings. The second kappa shape index (κ2) is 8.12. The maximum atomic E-state index is 13.5. The number of benzene rings is 1. The van der Waals surface area contributed by atoms with Gasteiger partial charge in [0.25, 0.3) is 0 Å². The molecule has 0 fully saturated rings. The third-order valence-electron chi connectivity index (χ3n) is 2.88. The largest absolute Gasteiger partial charge is 0.354 e. The lowest BCUT2D eigenvalue weighted by Gasteiger charge is -2.11. The highest BCUT2D eigenvalue weighted by Gasteiger charge is 2.06. The number of hydrogen-bond donors (Lipinski definition) is 2. The van der Waals surface area contributed by atoms with E-state index in [4.69, 9.17) is 11.6 Å². The molecular weight excluding hydrogens is 267 g/mol. The van der Waals surface area contributed by atoms with Gasteiger partial charge in [-0.15, -0.1) is 0 Å². The SMILES string of the molecule is CCC(C)NC(=O)CCNCc1ccc(Cl)cc1F. The fourth-order valence-corrected chi connectivity index (χ4v) is 1.70. The van der Waals surface area contributed by atoms with E-state index in [1.54, 1.807) is 12.1 Å². The minimum atomic E-state index is -0.330. The summed E-state index contributed by atoms with van der Waals surface area (Å²) in [5.74, 6) is -0.317. The van der Waals surface area contributed by atoms with E-state index in [0.29, 0.717) is 30.1 Å². The molecule has 0 bridgehead atoms. The lowest BCUT2D eigenvalue weighted by atomic mass is 10.2. The van der Waals surface area contributed by atoms with Gasteiger partial charge in [0.2, 0.25) is 5.91 Å². The van der Waals surface area contributed by atoms with Gasteiger partial charge in [-0.1, -0.05) is 24.6 Å². The van der Waals surface area contributed by atoms with Crippen molar-refractivity contribution in [2.75, 3.05) is 6.54 Å². The van der Waals surface area contributed by atoms with Crippen molar-refractivity contribution >= 4 is 17.5 Å². The molecule has 0 aromatic heterocycles. The minimum Gasteiger partial charge on any atom is -0.354 e. The summed E-state index contributed by atoms with van der Waals surface area (Å²) in [5.41, 5.74) is 0.548. The molecular formula is C14H20ClFN2O. The summed E-state index contributed by atoms with van der Waals surface area (Å²) in [6.07, 6.45) is 1.30. The van der Waals surface area contributed by atoms with Gasteiger partial charge in [0.15, 0.2) is 0 Å². The molecule has 0 aliphatic carbocycles.